The third-order valence-corrected chi connectivity index (χ3v) is 4.55. The summed E-state index contributed by atoms with van der Waals surface area (Å²) in [5, 5.41) is 27.6. The number of benzene rings is 1. The molecule has 23 heavy (non-hydrogen) atoms. The van der Waals surface area contributed by atoms with Crippen LogP contribution in [0.1, 0.15) is 34.3 Å². The average molecular weight is 321 g/mol. The second-order valence-corrected chi connectivity index (χ2v) is 6.09. The Labute approximate surface area is 135 Å². The van der Waals surface area contributed by atoms with Crippen molar-refractivity contribution in [3.63, 3.8) is 0 Å². The van der Waals surface area contributed by atoms with Gasteiger partial charge in [-0.2, -0.15) is 0 Å². The maximum atomic E-state index is 12.4. The molecule has 3 N–H and O–H groups in total. The van der Waals surface area contributed by atoms with Crippen LogP contribution in [0, 0.1) is 12.8 Å². The number of aromatic carboxylic acids is 1. The van der Waals surface area contributed by atoms with Gasteiger partial charge in [0.05, 0.1) is 24.7 Å². The first-order valence-corrected chi connectivity index (χ1v) is 7.82. The molecule has 0 saturated carbocycles. The van der Waals surface area contributed by atoms with Gasteiger partial charge in [0.2, 0.25) is 5.91 Å². The molecule has 1 amide bonds. The lowest BCUT2D eigenvalue weighted by atomic mass is 9.91. The van der Waals surface area contributed by atoms with Crippen LogP contribution in [-0.2, 0) is 11.2 Å². The predicted molar refractivity (Wildman–Crippen MR) is 84.2 cm³/mol. The highest BCUT2D eigenvalue weighted by molar-refractivity contribution is 5.88. The second kappa shape index (κ2) is 7.57. The molecule has 1 unspecified atom stereocenters. The molecule has 1 aromatic rings. The Bertz CT molecular complexity index is 578. The minimum absolute atomic E-state index is 0.00751. The molecule has 6 nitrogen and oxygen atoms in total. The van der Waals surface area contributed by atoms with Gasteiger partial charge in [0.15, 0.2) is 0 Å². The van der Waals surface area contributed by atoms with Crippen molar-refractivity contribution in [3.05, 3.63) is 34.9 Å². The van der Waals surface area contributed by atoms with Crippen molar-refractivity contribution in [2.45, 2.75) is 32.3 Å². The summed E-state index contributed by atoms with van der Waals surface area (Å²) < 4.78 is 0. The number of rotatable bonds is 5. The summed E-state index contributed by atoms with van der Waals surface area (Å²) in [5.41, 5.74) is 1.85. The van der Waals surface area contributed by atoms with Gasteiger partial charge in [0.1, 0.15) is 0 Å². The van der Waals surface area contributed by atoms with Crippen LogP contribution in [0.4, 0.5) is 0 Å². The fourth-order valence-corrected chi connectivity index (χ4v) is 2.98. The van der Waals surface area contributed by atoms with Crippen molar-refractivity contribution >= 4 is 11.9 Å². The fourth-order valence-electron chi connectivity index (χ4n) is 2.98. The van der Waals surface area contributed by atoms with Crippen molar-refractivity contribution in [1.29, 1.82) is 0 Å². The molecular weight excluding hydrogens is 298 g/mol. The monoisotopic (exact) mass is 321 g/mol. The summed E-state index contributed by atoms with van der Waals surface area (Å²) in [6.45, 7) is 2.71. The van der Waals surface area contributed by atoms with Crippen LogP contribution in [0.2, 0.25) is 0 Å². The van der Waals surface area contributed by atoms with Gasteiger partial charge in [0.25, 0.3) is 0 Å². The SMILES string of the molecule is Cc1cc(C(=O)O)ccc1CC(=O)N1CCC(C(O)CO)CC1. The van der Waals surface area contributed by atoms with Crippen LogP contribution < -0.4 is 0 Å². The molecule has 0 spiro atoms. The van der Waals surface area contributed by atoms with Gasteiger partial charge >= 0.3 is 5.97 Å². The molecule has 2 rings (SSSR count). The summed E-state index contributed by atoms with van der Waals surface area (Å²) in [7, 11) is 0. The molecule has 1 atom stereocenters. The molecule has 0 aromatic heterocycles. The number of carbonyl (C=O) groups excluding carboxylic acids is 1. The standard InChI is InChI=1S/C17H23NO5/c1-11-8-14(17(22)23)3-2-13(11)9-16(21)18-6-4-12(5-7-18)15(20)10-19/h2-3,8,12,15,19-20H,4-7,9-10H2,1H3,(H,22,23). The lowest BCUT2D eigenvalue weighted by Gasteiger charge is -2.34. The minimum Gasteiger partial charge on any atom is -0.478 e. The number of hydrogen-bond donors (Lipinski definition) is 3. The molecular formula is C17H23NO5. The van der Waals surface area contributed by atoms with Crippen LogP contribution in [0.3, 0.4) is 0 Å². The summed E-state index contributed by atoms with van der Waals surface area (Å²) in [5.74, 6) is -0.927. The van der Waals surface area contributed by atoms with E-state index in [1.807, 2.05) is 0 Å². The van der Waals surface area contributed by atoms with E-state index in [0.717, 1.165) is 11.1 Å². The normalized spacial score (nSPS) is 17.1. The second-order valence-electron chi connectivity index (χ2n) is 6.09. The Morgan fingerprint density at radius 2 is 1.96 bits per heavy atom. The molecule has 0 bridgehead atoms. The lowest BCUT2D eigenvalue weighted by Crippen LogP contribution is -2.42. The molecule has 1 aliphatic rings. The number of amides is 1. The van der Waals surface area contributed by atoms with Gasteiger partial charge in [-0.05, 0) is 48.9 Å². The highest BCUT2D eigenvalue weighted by atomic mass is 16.4. The maximum absolute atomic E-state index is 12.4. The molecule has 1 aromatic carbocycles. The number of aliphatic hydroxyl groups is 2. The molecule has 1 aliphatic heterocycles. The van der Waals surface area contributed by atoms with E-state index >= 15 is 0 Å². The molecule has 1 fully saturated rings. The first kappa shape index (κ1) is 17.4. The molecule has 0 radical (unpaired) electrons. The first-order valence-electron chi connectivity index (χ1n) is 7.82. The topological polar surface area (TPSA) is 98.1 Å². The van der Waals surface area contributed by atoms with Crippen molar-refractivity contribution in [1.82, 2.24) is 4.90 Å². The van der Waals surface area contributed by atoms with E-state index in [-0.39, 0.29) is 30.4 Å². The summed E-state index contributed by atoms with van der Waals surface area (Å²) in [6, 6.07) is 4.79. The number of aliphatic hydroxyl groups excluding tert-OH is 2. The lowest BCUT2D eigenvalue weighted by molar-refractivity contribution is -0.132. The van der Waals surface area contributed by atoms with Crippen LogP contribution in [-0.4, -0.2) is 57.9 Å². The zero-order valence-corrected chi connectivity index (χ0v) is 13.2. The van der Waals surface area contributed by atoms with Crippen molar-refractivity contribution in [2.75, 3.05) is 19.7 Å². The smallest absolute Gasteiger partial charge is 0.335 e. The van der Waals surface area contributed by atoms with Crippen LogP contribution in [0.5, 0.6) is 0 Å². The third-order valence-electron chi connectivity index (χ3n) is 4.55. The van der Waals surface area contributed by atoms with E-state index in [9.17, 15) is 14.7 Å². The van der Waals surface area contributed by atoms with Crippen molar-refractivity contribution < 1.29 is 24.9 Å². The molecule has 1 saturated heterocycles. The molecule has 126 valence electrons. The zero-order chi connectivity index (χ0) is 17.0. The Morgan fingerprint density at radius 1 is 1.30 bits per heavy atom. The Balaban J connectivity index is 1.94. The van der Waals surface area contributed by atoms with Gasteiger partial charge in [0, 0.05) is 13.1 Å². The number of carbonyl (C=O) groups is 2. The van der Waals surface area contributed by atoms with Crippen LogP contribution in [0.15, 0.2) is 18.2 Å². The van der Waals surface area contributed by atoms with Gasteiger partial charge in [-0.15, -0.1) is 0 Å². The summed E-state index contributed by atoms with van der Waals surface area (Å²) in [6.07, 6.45) is 0.909. The van der Waals surface area contributed by atoms with Gasteiger partial charge < -0.3 is 20.2 Å². The highest BCUT2D eigenvalue weighted by Crippen LogP contribution is 2.22. The van der Waals surface area contributed by atoms with Gasteiger partial charge in [-0.3, -0.25) is 4.79 Å². The fraction of sp³-hybridized carbons (Fsp3) is 0.529. The minimum atomic E-state index is -0.976. The van der Waals surface area contributed by atoms with E-state index in [4.69, 9.17) is 10.2 Å². The van der Waals surface area contributed by atoms with Gasteiger partial charge in [-0.25, -0.2) is 4.79 Å². The number of likely N-dealkylation sites (tertiary alicyclic amines) is 1. The van der Waals surface area contributed by atoms with E-state index in [1.165, 1.54) is 6.07 Å². The maximum Gasteiger partial charge on any atom is 0.335 e. The number of aryl methyl sites for hydroxylation is 1. The van der Waals surface area contributed by atoms with E-state index in [1.54, 1.807) is 24.0 Å². The predicted octanol–water partition coefficient (Wildman–Crippen LogP) is 0.828. The van der Waals surface area contributed by atoms with E-state index in [0.29, 0.717) is 25.9 Å². The van der Waals surface area contributed by atoms with Crippen molar-refractivity contribution in [2.24, 2.45) is 5.92 Å². The number of carboxylic acids is 1. The molecule has 1 heterocycles. The largest absolute Gasteiger partial charge is 0.478 e. The summed E-state index contributed by atoms with van der Waals surface area (Å²) >= 11 is 0. The molecule has 6 heteroatoms. The number of piperidine rings is 1. The van der Waals surface area contributed by atoms with Crippen molar-refractivity contribution in [3.8, 4) is 0 Å². The average Bonchev–Trinajstić information content (AvgIpc) is 2.55. The Hall–Kier alpha value is -1.92. The van der Waals surface area contributed by atoms with Crippen LogP contribution in [0.25, 0.3) is 0 Å². The zero-order valence-electron chi connectivity index (χ0n) is 13.2. The Morgan fingerprint density at radius 3 is 2.48 bits per heavy atom. The highest BCUT2D eigenvalue weighted by Gasteiger charge is 2.27. The van der Waals surface area contributed by atoms with Gasteiger partial charge in [-0.1, -0.05) is 6.07 Å². The number of carboxylic acid groups (broad SMARTS) is 1. The molecule has 0 aliphatic carbocycles. The number of hydrogen-bond acceptors (Lipinski definition) is 4. The third kappa shape index (κ3) is 4.30. The van der Waals surface area contributed by atoms with E-state index in [2.05, 4.69) is 0 Å². The quantitative estimate of drug-likeness (QED) is 0.746. The Kier molecular flexibility index (Phi) is 5.74. The van der Waals surface area contributed by atoms with Crippen LogP contribution >= 0.6 is 0 Å². The number of nitrogens with zero attached hydrogens (tertiary/aromatic N) is 1. The summed E-state index contributed by atoms with van der Waals surface area (Å²) in [4.78, 5) is 25.1. The van der Waals surface area contributed by atoms with E-state index < -0.39 is 12.1 Å². The first-order chi connectivity index (χ1) is 10.9.